The van der Waals surface area contributed by atoms with Crippen LogP contribution in [0.3, 0.4) is 0 Å². The van der Waals surface area contributed by atoms with Gasteiger partial charge in [0.25, 0.3) is 0 Å². The van der Waals surface area contributed by atoms with Crippen molar-refractivity contribution >= 4 is 6.20 Å². The van der Waals surface area contributed by atoms with Gasteiger partial charge in [-0.15, -0.1) is 0 Å². The van der Waals surface area contributed by atoms with Crippen LogP contribution in [0.4, 0.5) is 0 Å². The minimum atomic E-state index is 2.00. The third-order valence-corrected chi connectivity index (χ3v) is 1.10. The van der Waals surface area contributed by atoms with Crippen LogP contribution < -0.4 is 0 Å². The molecule has 1 aromatic heterocycles. The van der Waals surface area contributed by atoms with E-state index in [2.05, 4.69) is 0 Å². The highest BCUT2D eigenvalue weighted by Gasteiger charge is 1.84. The Morgan fingerprint density at radius 1 is 1.38 bits per heavy atom. The Hall–Kier alpha value is -0.920. The third kappa shape index (κ3) is 0.689. The SMILES string of the molecule is CC=Cn1ccn1C. The Balaban J connectivity index is 2.69. The molecule has 1 rings (SSSR count). The van der Waals surface area contributed by atoms with E-state index in [4.69, 9.17) is 0 Å². The quantitative estimate of drug-likeness (QED) is 0.516. The molecule has 0 bridgehead atoms. The van der Waals surface area contributed by atoms with Gasteiger partial charge in [-0.3, -0.25) is 9.36 Å². The second kappa shape index (κ2) is 1.90. The molecule has 0 N–H and O–H groups in total. The molecular weight excluding hydrogens is 100 g/mol. The van der Waals surface area contributed by atoms with Crippen LogP contribution in [0.5, 0.6) is 0 Å². The van der Waals surface area contributed by atoms with Crippen LogP contribution in [-0.4, -0.2) is 9.36 Å². The molecule has 0 atom stereocenters. The van der Waals surface area contributed by atoms with E-state index in [1.165, 1.54) is 0 Å². The van der Waals surface area contributed by atoms with Crippen molar-refractivity contribution in [2.75, 3.05) is 0 Å². The lowest BCUT2D eigenvalue weighted by atomic mass is 10.6. The largest absolute Gasteiger partial charge is 0.291 e. The number of nitrogens with zero attached hydrogens (tertiary/aromatic N) is 2. The zero-order chi connectivity index (χ0) is 5.98. The minimum Gasteiger partial charge on any atom is -0.291 e. The van der Waals surface area contributed by atoms with Crippen LogP contribution >= 0.6 is 0 Å². The Labute approximate surface area is 49.0 Å². The number of hydrogen-bond donors (Lipinski definition) is 0. The van der Waals surface area contributed by atoms with Crippen molar-refractivity contribution in [3.63, 3.8) is 0 Å². The number of hydrogen-bond acceptors (Lipinski definition) is 0. The summed E-state index contributed by atoms with van der Waals surface area (Å²) in [6.45, 7) is 2.00. The smallest absolute Gasteiger partial charge is 0.0442 e. The Kier molecular flexibility index (Phi) is 1.24. The molecular formula is C6H10N2. The van der Waals surface area contributed by atoms with E-state index in [0.717, 1.165) is 0 Å². The van der Waals surface area contributed by atoms with Gasteiger partial charge in [0.1, 0.15) is 0 Å². The zero-order valence-electron chi connectivity index (χ0n) is 5.20. The van der Waals surface area contributed by atoms with E-state index in [-0.39, 0.29) is 0 Å². The molecule has 1 aromatic rings. The van der Waals surface area contributed by atoms with Crippen molar-refractivity contribution in [3.8, 4) is 0 Å². The molecule has 0 aliphatic rings. The Bertz CT molecular complexity index is 181. The summed E-state index contributed by atoms with van der Waals surface area (Å²) in [4.78, 5) is 0. The van der Waals surface area contributed by atoms with Crippen LogP contribution in [0.15, 0.2) is 18.5 Å². The van der Waals surface area contributed by atoms with Gasteiger partial charge in [0.05, 0.1) is 0 Å². The average Bonchev–Trinajstić information content (AvgIpc) is 1.79. The maximum atomic E-state index is 2.00. The van der Waals surface area contributed by atoms with Gasteiger partial charge in [-0.25, -0.2) is 0 Å². The highest BCUT2D eigenvalue weighted by Crippen LogP contribution is 1.90. The number of aryl methyl sites for hydroxylation is 1. The van der Waals surface area contributed by atoms with E-state index >= 15 is 0 Å². The molecule has 0 aliphatic heterocycles. The van der Waals surface area contributed by atoms with Gasteiger partial charge in [0.2, 0.25) is 0 Å². The lowest BCUT2D eigenvalue weighted by Crippen LogP contribution is -2.10. The first kappa shape index (κ1) is 5.22. The van der Waals surface area contributed by atoms with Crippen LogP contribution in [-0.2, 0) is 7.05 Å². The molecule has 0 saturated carbocycles. The van der Waals surface area contributed by atoms with Gasteiger partial charge >= 0.3 is 0 Å². The molecule has 8 heavy (non-hydrogen) atoms. The lowest BCUT2D eigenvalue weighted by molar-refractivity contribution is 0.610. The predicted octanol–water partition coefficient (Wildman–Crippen LogP) is 1.32. The van der Waals surface area contributed by atoms with Crippen LogP contribution in [0.2, 0.25) is 0 Å². The van der Waals surface area contributed by atoms with Crippen molar-refractivity contribution < 1.29 is 0 Å². The molecule has 0 radical (unpaired) electrons. The van der Waals surface area contributed by atoms with E-state index in [9.17, 15) is 0 Å². The van der Waals surface area contributed by atoms with E-state index in [0.29, 0.717) is 0 Å². The Morgan fingerprint density at radius 3 is 2.25 bits per heavy atom. The van der Waals surface area contributed by atoms with Crippen molar-refractivity contribution in [2.24, 2.45) is 7.05 Å². The van der Waals surface area contributed by atoms with Gasteiger partial charge in [-0.1, -0.05) is 6.08 Å². The van der Waals surface area contributed by atoms with E-state index < -0.39 is 0 Å². The fourth-order valence-electron chi connectivity index (χ4n) is 0.585. The summed E-state index contributed by atoms with van der Waals surface area (Å²) in [5.74, 6) is 0. The monoisotopic (exact) mass is 110 g/mol. The average molecular weight is 110 g/mol. The van der Waals surface area contributed by atoms with E-state index in [1.807, 2.05) is 48.0 Å². The predicted molar refractivity (Wildman–Crippen MR) is 34.4 cm³/mol. The van der Waals surface area contributed by atoms with Crippen LogP contribution in [0.25, 0.3) is 6.20 Å². The van der Waals surface area contributed by atoms with Crippen LogP contribution in [0.1, 0.15) is 6.92 Å². The summed E-state index contributed by atoms with van der Waals surface area (Å²) < 4.78 is 4.00. The summed E-state index contributed by atoms with van der Waals surface area (Å²) in [6.07, 6.45) is 8.00. The first-order chi connectivity index (χ1) is 3.84. The van der Waals surface area contributed by atoms with Crippen molar-refractivity contribution in [1.82, 2.24) is 9.36 Å². The molecule has 0 amide bonds. The maximum absolute atomic E-state index is 2.00. The molecule has 2 nitrogen and oxygen atoms in total. The number of aromatic nitrogens is 2. The summed E-state index contributed by atoms with van der Waals surface area (Å²) in [5.41, 5.74) is 0. The van der Waals surface area contributed by atoms with Crippen molar-refractivity contribution in [2.45, 2.75) is 6.92 Å². The van der Waals surface area contributed by atoms with Gasteiger partial charge in [-0.2, -0.15) is 0 Å². The fourth-order valence-corrected chi connectivity index (χ4v) is 0.585. The third-order valence-electron chi connectivity index (χ3n) is 1.10. The molecule has 44 valence electrons. The first-order valence-corrected chi connectivity index (χ1v) is 2.67. The molecule has 0 spiro atoms. The number of allylic oxidation sites excluding steroid dienone is 1. The lowest BCUT2D eigenvalue weighted by Gasteiger charge is -2.11. The number of rotatable bonds is 1. The topological polar surface area (TPSA) is 9.86 Å². The minimum absolute atomic E-state index is 2.00. The standard InChI is InChI=1S/C6H10N2/c1-3-4-8-6-5-7(8)2/h3-6H,1-2H3. The van der Waals surface area contributed by atoms with Gasteiger partial charge in [-0.05, 0) is 6.92 Å². The summed E-state index contributed by atoms with van der Waals surface area (Å²) >= 11 is 0. The molecule has 0 saturated heterocycles. The second-order valence-corrected chi connectivity index (χ2v) is 1.73. The molecule has 0 aliphatic carbocycles. The first-order valence-electron chi connectivity index (χ1n) is 2.67. The zero-order valence-corrected chi connectivity index (χ0v) is 5.20. The molecule has 0 aromatic carbocycles. The van der Waals surface area contributed by atoms with Crippen molar-refractivity contribution in [3.05, 3.63) is 18.5 Å². The summed E-state index contributed by atoms with van der Waals surface area (Å²) in [7, 11) is 2.00. The Morgan fingerprint density at radius 2 is 2.12 bits per heavy atom. The summed E-state index contributed by atoms with van der Waals surface area (Å²) in [6, 6.07) is 0. The molecule has 1 heterocycles. The fraction of sp³-hybridized carbons (Fsp3) is 0.333. The van der Waals surface area contributed by atoms with Gasteiger partial charge in [0, 0.05) is 25.6 Å². The maximum Gasteiger partial charge on any atom is 0.0442 e. The van der Waals surface area contributed by atoms with Crippen LogP contribution in [0, 0.1) is 0 Å². The molecule has 0 fully saturated rings. The van der Waals surface area contributed by atoms with E-state index in [1.54, 1.807) is 0 Å². The summed E-state index contributed by atoms with van der Waals surface area (Å²) in [5, 5.41) is 0. The molecule has 0 unspecified atom stereocenters. The highest BCUT2D eigenvalue weighted by molar-refractivity contribution is 5.18. The molecule has 2 heteroatoms. The normalized spacial score (nSPS) is 11.2. The second-order valence-electron chi connectivity index (χ2n) is 1.73. The van der Waals surface area contributed by atoms with Gasteiger partial charge < -0.3 is 0 Å². The van der Waals surface area contributed by atoms with Gasteiger partial charge in [0.15, 0.2) is 0 Å². The highest BCUT2D eigenvalue weighted by atomic mass is 15.4. The van der Waals surface area contributed by atoms with Crippen molar-refractivity contribution in [1.29, 1.82) is 0 Å².